The molecule has 0 radical (unpaired) electrons. The van der Waals surface area contributed by atoms with Crippen molar-refractivity contribution < 1.29 is 8.42 Å². The molecule has 0 bridgehead atoms. The summed E-state index contributed by atoms with van der Waals surface area (Å²) in [7, 11) is -1.83. The smallest absolute Gasteiger partial charge is 0.257 e. The van der Waals surface area contributed by atoms with E-state index in [0.717, 1.165) is 25.8 Å². The molecule has 7 heteroatoms. The van der Waals surface area contributed by atoms with Crippen LogP contribution in [0.2, 0.25) is 0 Å². The Morgan fingerprint density at radius 1 is 1.53 bits per heavy atom. The first-order chi connectivity index (χ1) is 8.09. The number of sulfonamides is 1. The van der Waals surface area contributed by atoms with Crippen molar-refractivity contribution in [2.45, 2.75) is 30.3 Å². The van der Waals surface area contributed by atoms with Crippen molar-refractivity contribution >= 4 is 10.0 Å². The molecule has 2 N–H and O–H groups in total. The van der Waals surface area contributed by atoms with Gasteiger partial charge in [-0.15, -0.1) is 0 Å². The zero-order valence-electron chi connectivity index (χ0n) is 9.89. The van der Waals surface area contributed by atoms with Crippen LogP contribution in [0.3, 0.4) is 0 Å². The summed E-state index contributed by atoms with van der Waals surface area (Å²) >= 11 is 0. The summed E-state index contributed by atoms with van der Waals surface area (Å²) in [5.74, 6) is 0. The van der Waals surface area contributed by atoms with Crippen molar-refractivity contribution in [3.63, 3.8) is 0 Å². The molecule has 1 atom stereocenters. The fourth-order valence-corrected chi connectivity index (χ4v) is 3.42. The highest BCUT2D eigenvalue weighted by Crippen LogP contribution is 2.10. The highest BCUT2D eigenvalue weighted by atomic mass is 32.2. The Bertz CT molecular complexity index is 460. The predicted octanol–water partition coefficient (Wildman–Crippen LogP) is -0.159. The SMILES string of the molecule is Cn1nccc1S(=O)(=O)NC1CCCCNC1. The fraction of sp³-hybridized carbons (Fsp3) is 0.700. The zero-order valence-corrected chi connectivity index (χ0v) is 10.7. The molecule has 1 aromatic rings. The molecule has 1 fully saturated rings. The molecular weight excluding hydrogens is 240 g/mol. The maximum atomic E-state index is 12.1. The summed E-state index contributed by atoms with van der Waals surface area (Å²) in [6.07, 6.45) is 4.51. The molecular formula is C10H18N4O2S. The molecule has 2 rings (SSSR count). The molecule has 0 amide bonds. The molecule has 96 valence electrons. The van der Waals surface area contributed by atoms with Crippen LogP contribution < -0.4 is 10.0 Å². The number of aryl methyl sites for hydroxylation is 1. The number of nitrogens with zero attached hydrogens (tertiary/aromatic N) is 2. The van der Waals surface area contributed by atoms with Gasteiger partial charge in [0.15, 0.2) is 5.03 Å². The molecule has 1 aliphatic heterocycles. The molecule has 1 unspecified atom stereocenters. The third-order valence-corrected chi connectivity index (χ3v) is 4.51. The van der Waals surface area contributed by atoms with Crippen LogP contribution >= 0.6 is 0 Å². The number of hydrogen-bond acceptors (Lipinski definition) is 4. The van der Waals surface area contributed by atoms with Crippen molar-refractivity contribution in [2.75, 3.05) is 13.1 Å². The summed E-state index contributed by atoms with van der Waals surface area (Å²) < 4.78 is 28.3. The maximum absolute atomic E-state index is 12.1. The fourth-order valence-electron chi connectivity index (χ4n) is 2.02. The van der Waals surface area contributed by atoms with Gasteiger partial charge >= 0.3 is 0 Å². The number of aromatic nitrogens is 2. The second kappa shape index (κ2) is 5.16. The average molecular weight is 258 g/mol. The molecule has 6 nitrogen and oxygen atoms in total. The van der Waals surface area contributed by atoms with Gasteiger partial charge < -0.3 is 5.32 Å². The van der Waals surface area contributed by atoms with Gasteiger partial charge in [-0.05, 0) is 25.5 Å². The van der Waals surface area contributed by atoms with Gasteiger partial charge in [-0.1, -0.05) is 6.42 Å². The Hall–Kier alpha value is -0.920. The van der Waals surface area contributed by atoms with Gasteiger partial charge in [0.05, 0.1) is 6.20 Å². The lowest BCUT2D eigenvalue weighted by Gasteiger charge is -2.16. The quantitative estimate of drug-likeness (QED) is 0.790. The average Bonchev–Trinajstić information content (AvgIpc) is 2.55. The van der Waals surface area contributed by atoms with E-state index in [1.165, 1.54) is 16.9 Å². The van der Waals surface area contributed by atoms with Crippen LogP contribution in [0.1, 0.15) is 19.3 Å². The molecule has 1 aromatic heterocycles. The van der Waals surface area contributed by atoms with Gasteiger partial charge in [0.1, 0.15) is 0 Å². The van der Waals surface area contributed by atoms with Crippen LogP contribution in [0.25, 0.3) is 0 Å². The van der Waals surface area contributed by atoms with E-state index in [9.17, 15) is 8.42 Å². The van der Waals surface area contributed by atoms with Crippen molar-refractivity contribution in [1.82, 2.24) is 19.8 Å². The minimum Gasteiger partial charge on any atom is -0.315 e. The van der Waals surface area contributed by atoms with Crippen molar-refractivity contribution in [3.8, 4) is 0 Å². The van der Waals surface area contributed by atoms with E-state index in [2.05, 4.69) is 15.1 Å². The molecule has 0 aromatic carbocycles. The number of nitrogens with one attached hydrogen (secondary N) is 2. The second-order valence-electron chi connectivity index (χ2n) is 4.31. The van der Waals surface area contributed by atoms with Crippen LogP contribution in [0.15, 0.2) is 17.3 Å². The van der Waals surface area contributed by atoms with E-state index >= 15 is 0 Å². The van der Waals surface area contributed by atoms with Crippen molar-refractivity contribution in [1.29, 1.82) is 0 Å². The maximum Gasteiger partial charge on any atom is 0.257 e. The number of rotatable bonds is 3. The van der Waals surface area contributed by atoms with E-state index in [-0.39, 0.29) is 11.1 Å². The van der Waals surface area contributed by atoms with Gasteiger partial charge in [0, 0.05) is 19.6 Å². The van der Waals surface area contributed by atoms with E-state index in [4.69, 9.17) is 0 Å². The van der Waals surface area contributed by atoms with Gasteiger partial charge in [-0.25, -0.2) is 13.1 Å². The summed E-state index contributed by atoms with van der Waals surface area (Å²) in [6, 6.07) is 1.48. The van der Waals surface area contributed by atoms with Crippen LogP contribution in [-0.2, 0) is 17.1 Å². The standard InChI is InChI=1S/C10H18N4O2S/c1-14-10(5-7-12-14)17(15,16)13-9-4-2-3-6-11-8-9/h5,7,9,11,13H,2-4,6,8H2,1H3. The highest BCUT2D eigenvalue weighted by molar-refractivity contribution is 7.89. The number of hydrogen-bond donors (Lipinski definition) is 2. The highest BCUT2D eigenvalue weighted by Gasteiger charge is 2.23. The Kier molecular flexibility index (Phi) is 3.80. The van der Waals surface area contributed by atoms with Gasteiger partial charge in [0.2, 0.25) is 0 Å². The minimum atomic E-state index is -3.45. The van der Waals surface area contributed by atoms with Crippen LogP contribution in [0, 0.1) is 0 Å². The largest absolute Gasteiger partial charge is 0.315 e. The molecule has 0 saturated carbocycles. The van der Waals surface area contributed by atoms with Gasteiger partial charge in [-0.3, -0.25) is 4.68 Å². The molecule has 0 aliphatic carbocycles. The molecule has 17 heavy (non-hydrogen) atoms. The lowest BCUT2D eigenvalue weighted by molar-refractivity contribution is 0.512. The third kappa shape index (κ3) is 3.05. The van der Waals surface area contributed by atoms with E-state index in [1.54, 1.807) is 7.05 Å². The second-order valence-corrected chi connectivity index (χ2v) is 5.97. The van der Waals surface area contributed by atoms with E-state index < -0.39 is 10.0 Å². The molecule has 1 saturated heterocycles. The first kappa shape index (κ1) is 12.5. The Balaban J connectivity index is 2.09. The lowest BCUT2D eigenvalue weighted by atomic mass is 10.2. The summed E-state index contributed by atoms with van der Waals surface area (Å²) in [5.41, 5.74) is 0. The summed E-state index contributed by atoms with van der Waals surface area (Å²) in [4.78, 5) is 0. The summed E-state index contributed by atoms with van der Waals surface area (Å²) in [5, 5.41) is 7.32. The van der Waals surface area contributed by atoms with Crippen LogP contribution in [0.5, 0.6) is 0 Å². The zero-order chi connectivity index (χ0) is 12.3. The van der Waals surface area contributed by atoms with Crippen LogP contribution in [-0.4, -0.2) is 37.3 Å². The Morgan fingerprint density at radius 3 is 3.06 bits per heavy atom. The first-order valence-electron chi connectivity index (χ1n) is 5.80. The lowest BCUT2D eigenvalue weighted by Crippen LogP contribution is -2.41. The van der Waals surface area contributed by atoms with Crippen molar-refractivity contribution in [3.05, 3.63) is 12.3 Å². The van der Waals surface area contributed by atoms with E-state index in [0.29, 0.717) is 6.54 Å². The third-order valence-electron chi connectivity index (χ3n) is 2.92. The predicted molar refractivity (Wildman–Crippen MR) is 64.0 cm³/mol. The van der Waals surface area contributed by atoms with E-state index in [1.807, 2.05) is 0 Å². The van der Waals surface area contributed by atoms with Crippen LogP contribution in [0.4, 0.5) is 0 Å². The summed E-state index contributed by atoms with van der Waals surface area (Å²) in [6.45, 7) is 1.65. The Labute approximate surface area is 101 Å². The normalized spacial score (nSPS) is 22.3. The minimum absolute atomic E-state index is 0.0302. The van der Waals surface area contributed by atoms with Crippen molar-refractivity contribution in [2.24, 2.45) is 7.05 Å². The Morgan fingerprint density at radius 2 is 2.35 bits per heavy atom. The molecule has 2 heterocycles. The topological polar surface area (TPSA) is 76.0 Å². The molecule has 1 aliphatic rings. The van der Waals surface area contributed by atoms with Gasteiger partial charge in [0.25, 0.3) is 10.0 Å². The monoisotopic (exact) mass is 258 g/mol. The molecule has 0 spiro atoms. The first-order valence-corrected chi connectivity index (χ1v) is 7.29. The van der Waals surface area contributed by atoms with Gasteiger partial charge in [-0.2, -0.15) is 5.10 Å².